The van der Waals surface area contributed by atoms with Crippen molar-refractivity contribution in [3.8, 4) is 0 Å². The van der Waals surface area contributed by atoms with Gasteiger partial charge in [0.05, 0.1) is 4.92 Å². The zero-order chi connectivity index (χ0) is 19.4. The summed E-state index contributed by atoms with van der Waals surface area (Å²) < 4.78 is 6.06. The largest absolute Gasteiger partial charge is 0.448 e. The fraction of sp³-hybridized carbons (Fsp3) is 0.474. The summed E-state index contributed by atoms with van der Waals surface area (Å²) in [5.41, 5.74) is -0.0311. The van der Waals surface area contributed by atoms with Gasteiger partial charge in [-0.3, -0.25) is 14.9 Å². The number of carbonyl (C=O) groups is 2. The number of thiophene rings is 1. The zero-order valence-electron chi connectivity index (χ0n) is 15.1. The Bertz CT molecular complexity index is 855. The van der Waals surface area contributed by atoms with Crippen LogP contribution in [0.25, 0.3) is 10.1 Å². The third-order valence-electron chi connectivity index (χ3n) is 4.77. The number of nitro groups is 1. The number of rotatable bonds is 5. The Balaban J connectivity index is 1.62. The van der Waals surface area contributed by atoms with Crippen LogP contribution in [0.5, 0.6) is 0 Å². The van der Waals surface area contributed by atoms with E-state index in [0.29, 0.717) is 10.3 Å². The van der Waals surface area contributed by atoms with E-state index in [2.05, 4.69) is 5.32 Å². The SMILES string of the molecule is C[C@@H](OC(=O)c1cc2cc([N+](=O)[O-])ccc2s1)C(=O)NC1CCCCCC1. The summed E-state index contributed by atoms with van der Waals surface area (Å²) >= 11 is 1.19. The van der Waals surface area contributed by atoms with Crippen LogP contribution in [0.15, 0.2) is 24.3 Å². The topological polar surface area (TPSA) is 98.5 Å². The molecule has 27 heavy (non-hydrogen) atoms. The van der Waals surface area contributed by atoms with Gasteiger partial charge in [-0.15, -0.1) is 11.3 Å². The monoisotopic (exact) mass is 390 g/mol. The Morgan fingerprint density at radius 3 is 2.59 bits per heavy atom. The number of hydrogen-bond donors (Lipinski definition) is 1. The fourth-order valence-electron chi connectivity index (χ4n) is 3.26. The molecule has 0 bridgehead atoms. The lowest BCUT2D eigenvalue weighted by atomic mass is 10.1. The van der Waals surface area contributed by atoms with E-state index in [1.54, 1.807) is 19.1 Å². The van der Waals surface area contributed by atoms with Gasteiger partial charge in [-0.05, 0) is 31.9 Å². The summed E-state index contributed by atoms with van der Waals surface area (Å²) in [6.45, 7) is 1.56. The summed E-state index contributed by atoms with van der Waals surface area (Å²) in [7, 11) is 0. The predicted octanol–water partition coefficient (Wildman–Crippen LogP) is 4.19. The molecule has 1 N–H and O–H groups in total. The van der Waals surface area contributed by atoms with E-state index in [1.807, 2.05) is 0 Å². The Hall–Kier alpha value is -2.48. The molecule has 1 saturated carbocycles. The molecule has 1 aliphatic rings. The van der Waals surface area contributed by atoms with E-state index in [-0.39, 0.29) is 17.6 Å². The maximum absolute atomic E-state index is 12.4. The molecule has 1 aromatic carbocycles. The number of esters is 1. The summed E-state index contributed by atoms with van der Waals surface area (Å²) in [6.07, 6.45) is 5.63. The summed E-state index contributed by atoms with van der Waals surface area (Å²) in [5.74, 6) is -0.880. The number of nitrogens with one attached hydrogen (secondary N) is 1. The van der Waals surface area contributed by atoms with Crippen molar-refractivity contribution in [3.05, 3.63) is 39.3 Å². The molecule has 1 atom stereocenters. The molecule has 1 aromatic heterocycles. The van der Waals surface area contributed by atoms with Gasteiger partial charge in [-0.2, -0.15) is 0 Å². The molecule has 0 saturated heterocycles. The van der Waals surface area contributed by atoms with E-state index in [1.165, 1.54) is 36.3 Å². The molecular weight excluding hydrogens is 368 g/mol. The molecule has 144 valence electrons. The van der Waals surface area contributed by atoms with E-state index in [0.717, 1.165) is 30.4 Å². The van der Waals surface area contributed by atoms with Crippen molar-refractivity contribution in [2.45, 2.75) is 57.6 Å². The van der Waals surface area contributed by atoms with Crippen LogP contribution >= 0.6 is 11.3 Å². The van der Waals surface area contributed by atoms with Gasteiger partial charge < -0.3 is 10.1 Å². The number of amides is 1. The van der Waals surface area contributed by atoms with Gasteiger partial charge in [0.25, 0.3) is 11.6 Å². The molecule has 0 radical (unpaired) electrons. The molecule has 1 heterocycles. The molecule has 1 aliphatic carbocycles. The number of non-ortho nitro benzene ring substituents is 1. The number of benzene rings is 1. The molecular formula is C19H22N2O5S. The minimum atomic E-state index is -0.889. The first-order valence-corrected chi connectivity index (χ1v) is 9.95. The highest BCUT2D eigenvalue weighted by Crippen LogP contribution is 2.29. The van der Waals surface area contributed by atoms with Crippen molar-refractivity contribution in [1.29, 1.82) is 0 Å². The van der Waals surface area contributed by atoms with Crippen molar-refractivity contribution in [2.24, 2.45) is 0 Å². The number of hydrogen-bond acceptors (Lipinski definition) is 6. The van der Waals surface area contributed by atoms with Gasteiger partial charge >= 0.3 is 5.97 Å². The second-order valence-electron chi connectivity index (χ2n) is 6.83. The van der Waals surface area contributed by atoms with Crippen LogP contribution < -0.4 is 5.32 Å². The standard InChI is InChI=1S/C19H22N2O5S/c1-12(18(22)20-14-6-4-2-3-5-7-14)26-19(23)17-11-13-10-15(21(24)25)8-9-16(13)27-17/h8-12,14H,2-7H2,1H3,(H,20,22)/t12-/m1/s1. The van der Waals surface area contributed by atoms with Crippen LogP contribution in [0, 0.1) is 10.1 Å². The first-order valence-electron chi connectivity index (χ1n) is 9.13. The minimum absolute atomic E-state index is 0.0311. The average molecular weight is 390 g/mol. The van der Waals surface area contributed by atoms with Gasteiger partial charge in [0.1, 0.15) is 4.88 Å². The molecule has 1 fully saturated rings. The lowest BCUT2D eigenvalue weighted by Crippen LogP contribution is -2.41. The minimum Gasteiger partial charge on any atom is -0.448 e. The van der Waals surface area contributed by atoms with Crippen molar-refractivity contribution in [1.82, 2.24) is 5.32 Å². The van der Waals surface area contributed by atoms with Crippen molar-refractivity contribution in [3.63, 3.8) is 0 Å². The number of nitro benzene ring substituents is 1. The van der Waals surface area contributed by atoms with Gasteiger partial charge in [0.2, 0.25) is 0 Å². The van der Waals surface area contributed by atoms with Gasteiger partial charge in [-0.25, -0.2) is 4.79 Å². The second kappa shape index (κ2) is 8.47. The van der Waals surface area contributed by atoms with E-state index in [9.17, 15) is 19.7 Å². The summed E-state index contributed by atoms with van der Waals surface area (Å²) in [6, 6.07) is 6.13. The van der Waals surface area contributed by atoms with Crippen molar-refractivity contribution in [2.75, 3.05) is 0 Å². The van der Waals surface area contributed by atoms with Crippen LogP contribution in [0.3, 0.4) is 0 Å². The highest BCUT2D eigenvalue weighted by atomic mass is 32.1. The molecule has 0 aliphatic heterocycles. The Morgan fingerprint density at radius 2 is 1.93 bits per heavy atom. The van der Waals surface area contributed by atoms with Crippen molar-refractivity contribution < 1.29 is 19.2 Å². The number of fused-ring (bicyclic) bond motifs is 1. The van der Waals surface area contributed by atoms with Gasteiger partial charge in [0.15, 0.2) is 6.10 Å². The highest BCUT2D eigenvalue weighted by molar-refractivity contribution is 7.20. The first-order chi connectivity index (χ1) is 12.9. The fourth-order valence-corrected chi connectivity index (χ4v) is 4.19. The van der Waals surface area contributed by atoms with Gasteiger partial charge in [0, 0.05) is 28.3 Å². The average Bonchev–Trinajstić information content (AvgIpc) is 2.91. The molecule has 1 amide bonds. The summed E-state index contributed by atoms with van der Waals surface area (Å²) in [5, 5.41) is 14.4. The quantitative estimate of drug-likeness (QED) is 0.357. The molecule has 3 rings (SSSR count). The Morgan fingerprint density at radius 1 is 1.22 bits per heavy atom. The summed E-state index contributed by atoms with van der Waals surface area (Å²) in [4.78, 5) is 35.4. The van der Waals surface area contributed by atoms with Crippen LogP contribution in [-0.2, 0) is 9.53 Å². The Labute approximate surface area is 160 Å². The lowest BCUT2D eigenvalue weighted by Gasteiger charge is -2.19. The molecule has 0 unspecified atom stereocenters. The van der Waals surface area contributed by atoms with Crippen LogP contribution in [-0.4, -0.2) is 28.9 Å². The van der Waals surface area contributed by atoms with E-state index >= 15 is 0 Å². The lowest BCUT2D eigenvalue weighted by molar-refractivity contribution is -0.384. The maximum atomic E-state index is 12.4. The normalized spacial score (nSPS) is 16.5. The number of carbonyl (C=O) groups excluding carboxylic acids is 2. The van der Waals surface area contributed by atoms with Crippen LogP contribution in [0.1, 0.15) is 55.1 Å². The van der Waals surface area contributed by atoms with E-state index < -0.39 is 17.0 Å². The zero-order valence-corrected chi connectivity index (χ0v) is 15.9. The first kappa shape index (κ1) is 19.3. The van der Waals surface area contributed by atoms with Crippen molar-refractivity contribution >= 4 is 39.0 Å². The van der Waals surface area contributed by atoms with E-state index in [4.69, 9.17) is 4.74 Å². The maximum Gasteiger partial charge on any atom is 0.349 e. The third-order valence-corrected chi connectivity index (χ3v) is 5.86. The molecule has 0 spiro atoms. The number of nitrogens with zero attached hydrogens (tertiary/aromatic N) is 1. The highest BCUT2D eigenvalue weighted by Gasteiger charge is 2.23. The van der Waals surface area contributed by atoms with Crippen LogP contribution in [0.2, 0.25) is 0 Å². The molecule has 8 heteroatoms. The molecule has 2 aromatic rings. The molecule has 7 nitrogen and oxygen atoms in total. The third kappa shape index (κ3) is 4.82. The van der Waals surface area contributed by atoms with Gasteiger partial charge in [-0.1, -0.05) is 25.7 Å². The smallest absolute Gasteiger partial charge is 0.349 e. The predicted molar refractivity (Wildman–Crippen MR) is 103 cm³/mol. The van der Waals surface area contributed by atoms with Crippen LogP contribution in [0.4, 0.5) is 5.69 Å². The second-order valence-corrected chi connectivity index (χ2v) is 7.92. The Kier molecular flexibility index (Phi) is 6.05. The number of ether oxygens (including phenoxy) is 1.